The Morgan fingerprint density at radius 2 is 1.75 bits per heavy atom. The standard InChI is InChI=1S/C17H18N4OS2/c1-11(22)19-17-21-14(9-24-17)7-6-12-2-4-13(5-3-12)8-15-10-23-16(18)20-15/h2-5,9-10H,6-8H2,1H3,(H2,18,20)(H,19,21,22). The van der Waals surface area contributed by atoms with E-state index in [2.05, 4.69) is 39.6 Å². The van der Waals surface area contributed by atoms with Crippen LogP contribution < -0.4 is 11.1 Å². The van der Waals surface area contributed by atoms with Gasteiger partial charge in [-0.25, -0.2) is 9.97 Å². The number of carbonyl (C=O) groups is 1. The van der Waals surface area contributed by atoms with E-state index < -0.39 is 0 Å². The minimum absolute atomic E-state index is 0.0895. The van der Waals surface area contributed by atoms with E-state index in [1.807, 2.05) is 10.8 Å². The van der Waals surface area contributed by atoms with E-state index in [9.17, 15) is 4.79 Å². The molecule has 0 bridgehead atoms. The normalized spacial score (nSPS) is 10.7. The number of nitrogens with two attached hydrogens (primary N) is 1. The molecule has 24 heavy (non-hydrogen) atoms. The highest BCUT2D eigenvalue weighted by atomic mass is 32.1. The molecule has 0 aliphatic heterocycles. The summed E-state index contributed by atoms with van der Waals surface area (Å²) in [5.74, 6) is -0.0895. The van der Waals surface area contributed by atoms with E-state index >= 15 is 0 Å². The summed E-state index contributed by atoms with van der Waals surface area (Å²) in [7, 11) is 0. The number of carbonyl (C=O) groups excluding carboxylic acids is 1. The van der Waals surface area contributed by atoms with Gasteiger partial charge in [0.25, 0.3) is 0 Å². The molecule has 0 aliphatic carbocycles. The first-order valence-electron chi connectivity index (χ1n) is 7.58. The number of rotatable bonds is 6. The van der Waals surface area contributed by atoms with Gasteiger partial charge in [-0.05, 0) is 24.0 Å². The summed E-state index contributed by atoms with van der Waals surface area (Å²) in [5.41, 5.74) is 10.2. The lowest BCUT2D eigenvalue weighted by molar-refractivity contribution is -0.114. The maximum absolute atomic E-state index is 11.0. The largest absolute Gasteiger partial charge is 0.375 e. The maximum atomic E-state index is 11.0. The average molecular weight is 358 g/mol. The summed E-state index contributed by atoms with van der Waals surface area (Å²) in [5, 5.41) is 7.98. The number of aryl methyl sites for hydroxylation is 2. The van der Waals surface area contributed by atoms with Crippen LogP contribution in [0.2, 0.25) is 0 Å². The van der Waals surface area contributed by atoms with Gasteiger partial charge in [-0.2, -0.15) is 0 Å². The number of nitrogens with zero attached hydrogens (tertiary/aromatic N) is 2. The van der Waals surface area contributed by atoms with Gasteiger partial charge in [-0.3, -0.25) is 4.79 Å². The number of benzene rings is 1. The molecule has 0 spiro atoms. The predicted molar refractivity (Wildman–Crippen MR) is 99.6 cm³/mol. The van der Waals surface area contributed by atoms with Crippen LogP contribution in [0.15, 0.2) is 35.0 Å². The number of amides is 1. The molecule has 0 saturated heterocycles. The van der Waals surface area contributed by atoms with E-state index in [4.69, 9.17) is 5.73 Å². The van der Waals surface area contributed by atoms with E-state index in [0.717, 1.165) is 30.7 Å². The summed E-state index contributed by atoms with van der Waals surface area (Å²) in [6.07, 6.45) is 2.59. The third kappa shape index (κ3) is 4.62. The predicted octanol–water partition coefficient (Wildman–Crippen LogP) is 3.52. The van der Waals surface area contributed by atoms with Gasteiger partial charge in [-0.1, -0.05) is 24.3 Å². The molecule has 0 unspecified atom stereocenters. The van der Waals surface area contributed by atoms with Gasteiger partial charge in [0.2, 0.25) is 5.91 Å². The third-order valence-electron chi connectivity index (χ3n) is 3.48. The fraction of sp³-hybridized carbons (Fsp3) is 0.235. The van der Waals surface area contributed by atoms with E-state index in [0.29, 0.717) is 10.3 Å². The van der Waals surface area contributed by atoms with Crippen molar-refractivity contribution < 1.29 is 4.79 Å². The van der Waals surface area contributed by atoms with Crippen molar-refractivity contribution in [2.45, 2.75) is 26.2 Å². The molecule has 0 fully saturated rings. The van der Waals surface area contributed by atoms with Crippen LogP contribution >= 0.6 is 22.7 Å². The molecular formula is C17H18N4OS2. The minimum Gasteiger partial charge on any atom is -0.375 e. The fourth-order valence-electron chi connectivity index (χ4n) is 2.34. The van der Waals surface area contributed by atoms with E-state index in [1.54, 1.807) is 0 Å². The van der Waals surface area contributed by atoms with Crippen molar-refractivity contribution in [1.82, 2.24) is 9.97 Å². The van der Waals surface area contributed by atoms with Crippen LogP contribution in [-0.4, -0.2) is 15.9 Å². The fourth-order valence-corrected chi connectivity index (χ4v) is 3.69. The Morgan fingerprint density at radius 3 is 2.42 bits per heavy atom. The summed E-state index contributed by atoms with van der Waals surface area (Å²) < 4.78 is 0. The Balaban J connectivity index is 1.54. The van der Waals surface area contributed by atoms with Gasteiger partial charge in [0.05, 0.1) is 11.4 Å². The van der Waals surface area contributed by atoms with Crippen LogP contribution in [-0.2, 0) is 24.1 Å². The van der Waals surface area contributed by atoms with Crippen molar-refractivity contribution in [3.05, 3.63) is 57.5 Å². The summed E-state index contributed by atoms with van der Waals surface area (Å²) in [6.45, 7) is 1.49. The van der Waals surface area contributed by atoms with Crippen LogP contribution in [0.1, 0.15) is 29.4 Å². The molecule has 1 amide bonds. The number of nitrogens with one attached hydrogen (secondary N) is 1. The van der Waals surface area contributed by atoms with Gasteiger partial charge in [-0.15, -0.1) is 22.7 Å². The van der Waals surface area contributed by atoms with Crippen LogP contribution in [0, 0.1) is 0 Å². The Kier molecular flexibility index (Phi) is 5.22. The maximum Gasteiger partial charge on any atom is 0.223 e. The van der Waals surface area contributed by atoms with Crippen LogP contribution in [0.4, 0.5) is 10.3 Å². The van der Waals surface area contributed by atoms with Crippen LogP contribution in [0.3, 0.4) is 0 Å². The molecule has 0 saturated carbocycles. The highest BCUT2D eigenvalue weighted by Gasteiger charge is 2.05. The second kappa shape index (κ2) is 7.55. The van der Waals surface area contributed by atoms with E-state index in [-0.39, 0.29) is 5.91 Å². The topological polar surface area (TPSA) is 80.9 Å². The number of anilines is 2. The van der Waals surface area contributed by atoms with E-state index in [1.165, 1.54) is 40.7 Å². The number of thiazole rings is 2. The molecule has 3 N–H and O–H groups in total. The average Bonchev–Trinajstić information content (AvgIpc) is 3.15. The Bertz CT molecular complexity index is 823. The molecule has 124 valence electrons. The minimum atomic E-state index is -0.0895. The molecule has 3 rings (SSSR count). The number of aromatic nitrogens is 2. The second-order valence-corrected chi connectivity index (χ2v) is 7.24. The second-order valence-electron chi connectivity index (χ2n) is 5.50. The van der Waals surface area contributed by atoms with Crippen molar-refractivity contribution in [1.29, 1.82) is 0 Å². The summed E-state index contributed by atoms with van der Waals surface area (Å²) in [6, 6.07) is 8.56. The zero-order chi connectivity index (χ0) is 16.9. The molecule has 2 aromatic heterocycles. The first-order valence-corrected chi connectivity index (χ1v) is 9.34. The van der Waals surface area contributed by atoms with Gasteiger partial charge in [0.1, 0.15) is 0 Å². The molecule has 0 radical (unpaired) electrons. The third-order valence-corrected chi connectivity index (χ3v) is 5.01. The van der Waals surface area contributed by atoms with Gasteiger partial charge in [0, 0.05) is 24.1 Å². The molecular weight excluding hydrogens is 340 g/mol. The van der Waals surface area contributed by atoms with Crippen molar-refractivity contribution in [2.24, 2.45) is 0 Å². The SMILES string of the molecule is CC(=O)Nc1nc(CCc2ccc(Cc3csc(N)n3)cc2)cs1. The Morgan fingerprint density at radius 1 is 1.04 bits per heavy atom. The molecule has 2 heterocycles. The van der Waals surface area contributed by atoms with Crippen LogP contribution in [0.25, 0.3) is 0 Å². The molecule has 0 aliphatic rings. The van der Waals surface area contributed by atoms with Crippen molar-refractivity contribution in [3.8, 4) is 0 Å². The zero-order valence-electron chi connectivity index (χ0n) is 13.3. The summed E-state index contributed by atoms with van der Waals surface area (Å²) in [4.78, 5) is 19.7. The zero-order valence-corrected chi connectivity index (χ0v) is 14.9. The first-order chi connectivity index (χ1) is 11.6. The van der Waals surface area contributed by atoms with Crippen molar-refractivity contribution >= 4 is 38.8 Å². The molecule has 0 atom stereocenters. The Labute approximate surface area is 148 Å². The molecule has 7 heteroatoms. The Hall–Kier alpha value is -2.25. The molecule has 5 nitrogen and oxygen atoms in total. The lowest BCUT2D eigenvalue weighted by Crippen LogP contribution is -2.05. The summed E-state index contributed by atoms with van der Waals surface area (Å²) >= 11 is 2.93. The van der Waals surface area contributed by atoms with Crippen LogP contribution in [0.5, 0.6) is 0 Å². The number of hydrogen-bond donors (Lipinski definition) is 2. The van der Waals surface area contributed by atoms with Crippen molar-refractivity contribution in [2.75, 3.05) is 11.1 Å². The molecule has 1 aromatic carbocycles. The number of hydrogen-bond acceptors (Lipinski definition) is 6. The van der Waals surface area contributed by atoms with Gasteiger partial charge in [0.15, 0.2) is 10.3 Å². The van der Waals surface area contributed by atoms with Gasteiger partial charge >= 0.3 is 0 Å². The molecule has 3 aromatic rings. The number of nitrogen functional groups attached to an aromatic ring is 1. The van der Waals surface area contributed by atoms with Gasteiger partial charge < -0.3 is 11.1 Å². The smallest absolute Gasteiger partial charge is 0.223 e. The quantitative estimate of drug-likeness (QED) is 0.706. The lowest BCUT2D eigenvalue weighted by Gasteiger charge is -2.03. The first kappa shape index (κ1) is 16.6. The highest BCUT2D eigenvalue weighted by Crippen LogP contribution is 2.18. The highest BCUT2D eigenvalue weighted by molar-refractivity contribution is 7.14. The monoisotopic (exact) mass is 358 g/mol. The lowest BCUT2D eigenvalue weighted by atomic mass is 10.0. The van der Waals surface area contributed by atoms with Crippen molar-refractivity contribution in [3.63, 3.8) is 0 Å².